The van der Waals surface area contributed by atoms with Crippen LogP contribution in [0.5, 0.6) is 0 Å². The molecule has 1 heterocycles. The van der Waals surface area contributed by atoms with E-state index >= 15 is 0 Å². The molecule has 0 radical (unpaired) electrons. The number of benzene rings is 2. The van der Waals surface area contributed by atoms with Crippen molar-refractivity contribution < 1.29 is 14.5 Å². The van der Waals surface area contributed by atoms with Crippen LogP contribution >= 0.6 is 11.3 Å². The maximum Gasteiger partial charge on any atom is 0.338 e. The van der Waals surface area contributed by atoms with E-state index in [-0.39, 0.29) is 12.3 Å². The molecule has 0 aliphatic rings. The molecule has 1 aromatic heterocycles. The minimum absolute atomic E-state index is 0.0330. The van der Waals surface area contributed by atoms with Gasteiger partial charge in [-0.25, -0.2) is 4.79 Å². The molecular formula is C19H15NO4S. The van der Waals surface area contributed by atoms with Crippen molar-refractivity contribution in [1.82, 2.24) is 0 Å². The molecule has 0 fully saturated rings. The molecule has 0 spiro atoms. The van der Waals surface area contributed by atoms with Crippen molar-refractivity contribution >= 4 is 23.0 Å². The van der Waals surface area contributed by atoms with Gasteiger partial charge in [0.1, 0.15) is 0 Å². The number of hydrogen-bond acceptors (Lipinski definition) is 5. The lowest BCUT2D eigenvalue weighted by molar-refractivity contribution is -0.384. The highest BCUT2D eigenvalue weighted by Gasteiger charge is 2.24. The Labute approximate surface area is 148 Å². The molecule has 3 rings (SSSR count). The summed E-state index contributed by atoms with van der Waals surface area (Å²) in [5.74, 6) is -0.492. The largest absolute Gasteiger partial charge is 0.462 e. The second-order valence-electron chi connectivity index (χ2n) is 5.24. The van der Waals surface area contributed by atoms with Crippen molar-refractivity contribution in [3.8, 4) is 21.6 Å². The summed E-state index contributed by atoms with van der Waals surface area (Å²) < 4.78 is 5.16. The van der Waals surface area contributed by atoms with Crippen molar-refractivity contribution in [1.29, 1.82) is 0 Å². The molecule has 0 aliphatic heterocycles. The first-order valence-corrected chi connectivity index (χ1v) is 8.58. The van der Waals surface area contributed by atoms with Gasteiger partial charge in [-0.1, -0.05) is 36.4 Å². The van der Waals surface area contributed by atoms with Gasteiger partial charge in [0.25, 0.3) is 5.69 Å². The average Bonchev–Trinajstić information content (AvgIpc) is 3.16. The molecule has 3 aromatic rings. The topological polar surface area (TPSA) is 69.4 Å². The Bertz CT molecular complexity index is 905. The van der Waals surface area contributed by atoms with Gasteiger partial charge in [-0.05, 0) is 30.0 Å². The predicted octanol–water partition coefficient (Wildman–Crippen LogP) is 5.17. The third-order valence-electron chi connectivity index (χ3n) is 3.70. The van der Waals surface area contributed by atoms with Gasteiger partial charge in [0.15, 0.2) is 0 Å². The molecule has 0 saturated heterocycles. The maximum atomic E-state index is 12.5. The van der Waals surface area contributed by atoms with Crippen LogP contribution in [0.15, 0.2) is 60.0 Å². The number of thiophene rings is 1. The number of carbonyl (C=O) groups excluding carboxylic acids is 1. The van der Waals surface area contributed by atoms with E-state index in [1.54, 1.807) is 19.1 Å². The third kappa shape index (κ3) is 3.44. The van der Waals surface area contributed by atoms with E-state index in [0.29, 0.717) is 16.7 Å². The normalized spacial score (nSPS) is 10.4. The van der Waals surface area contributed by atoms with Gasteiger partial charge >= 0.3 is 5.97 Å². The monoisotopic (exact) mass is 353 g/mol. The summed E-state index contributed by atoms with van der Waals surface area (Å²) in [5.41, 5.74) is 1.93. The summed E-state index contributed by atoms with van der Waals surface area (Å²) in [6.45, 7) is 1.96. The zero-order valence-corrected chi connectivity index (χ0v) is 14.3. The lowest BCUT2D eigenvalue weighted by Gasteiger charge is -2.12. The van der Waals surface area contributed by atoms with E-state index in [1.807, 2.05) is 41.8 Å². The van der Waals surface area contributed by atoms with Crippen molar-refractivity contribution in [2.24, 2.45) is 0 Å². The molecule has 0 bridgehead atoms. The lowest BCUT2D eigenvalue weighted by Crippen LogP contribution is -2.08. The Kier molecular flexibility index (Phi) is 4.90. The molecule has 5 nitrogen and oxygen atoms in total. The van der Waals surface area contributed by atoms with Crippen molar-refractivity contribution in [3.05, 3.63) is 75.7 Å². The van der Waals surface area contributed by atoms with Gasteiger partial charge in [-0.2, -0.15) is 0 Å². The highest BCUT2D eigenvalue weighted by Crippen LogP contribution is 2.38. The molecular weight excluding hydrogens is 338 g/mol. The van der Waals surface area contributed by atoms with Crippen LogP contribution in [-0.2, 0) is 4.74 Å². The molecule has 6 heteroatoms. The third-order valence-corrected chi connectivity index (χ3v) is 4.60. The van der Waals surface area contributed by atoms with E-state index < -0.39 is 10.9 Å². The number of nitrogens with zero attached hydrogens (tertiary/aromatic N) is 1. The van der Waals surface area contributed by atoms with Crippen LogP contribution in [0.4, 0.5) is 5.69 Å². The van der Waals surface area contributed by atoms with Crippen LogP contribution in [0.1, 0.15) is 17.3 Å². The first-order valence-electron chi connectivity index (χ1n) is 7.70. The molecule has 0 unspecified atom stereocenters. The summed E-state index contributed by atoms with van der Waals surface area (Å²) in [7, 11) is 0. The predicted molar refractivity (Wildman–Crippen MR) is 97.8 cm³/mol. The van der Waals surface area contributed by atoms with Gasteiger partial charge in [0, 0.05) is 16.5 Å². The van der Waals surface area contributed by atoms with Crippen LogP contribution in [-0.4, -0.2) is 17.5 Å². The minimum Gasteiger partial charge on any atom is -0.462 e. The summed E-state index contributed by atoms with van der Waals surface area (Å²) in [5, 5.41) is 13.4. The summed E-state index contributed by atoms with van der Waals surface area (Å²) in [6, 6.07) is 15.7. The fourth-order valence-corrected chi connectivity index (χ4v) is 3.35. The van der Waals surface area contributed by atoms with Crippen LogP contribution in [0.3, 0.4) is 0 Å². The highest BCUT2D eigenvalue weighted by molar-refractivity contribution is 7.13. The second kappa shape index (κ2) is 7.27. The molecule has 0 amide bonds. The molecule has 0 saturated carbocycles. The van der Waals surface area contributed by atoms with Crippen molar-refractivity contribution in [2.75, 3.05) is 6.61 Å². The molecule has 126 valence electrons. The van der Waals surface area contributed by atoms with Gasteiger partial charge in [-0.15, -0.1) is 11.3 Å². The highest BCUT2D eigenvalue weighted by atomic mass is 32.1. The Hall–Kier alpha value is -2.99. The average molecular weight is 353 g/mol. The molecule has 0 atom stereocenters. The van der Waals surface area contributed by atoms with Gasteiger partial charge in [0.05, 0.1) is 22.7 Å². The number of nitro benzene ring substituents is 1. The number of esters is 1. The minimum atomic E-state index is -0.492. The summed E-state index contributed by atoms with van der Waals surface area (Å²) >= 11 is 1.39. The Morgan fingerprint density at radius 2 is 1.88 bits per heavy atom. The Balaban J connectivity index is 2.28. The fourth-order valence-electron chi connectivity index (χ4n) is 2.60. The second-order valence-corrected chi connectivity index (χ2v) is 6.18. The Morgan fingerprint density at radius 1 is 1.12 bits per heavy atom. The SMILES string of the molecule is CCOC(=O)c1cc(-c2cccs2)c([N+](=O)[O-])cc1-c1ccccc1. The van der Waals surface area contributed by atoms with Gasteiger partial charge in [0.2, 0.25) is 0 Å². The first kappa shape index (κ1) is 16.9. The lowest BCUT2D eigenvalue weighted by atomic mass is 9.95. The van der Waals surface area contributed by atoms with Crippen molar-refractivity contribution in [2.45, 2.75) is 6.92 Å². The number of rotatable bonds is 5. The van der Waals surface area contributed by atoms with Gasteiger partial charge in [-0.3, -0.25) is 10.1 Å². The molecule has 0 N–H and O–H groups in total. The van der Waals surface area contributed by atoms with E-state index in [2.05, 4.69) is 0 Å². The van der Waals surface area contributed by atoms with Crippen LogP contribution < -0.4 is 0 Å². The first-order chi connectivity index (χ1) is 12.1. The van der Waals surface area contributed by atoms with Gasteiger partial charge < -0.3 is 4.74 Å². The standard InChI is InChI=1S/C19H15NO4S/c1-2-24-19(21)15-11-16(18-9-6-10-25-18)17(20(22)23)12-14(15)13-7-4-3-5-8-13/h3-12H,2H2,1H3. The van der Waals surface area contributed by atoms with E-state index in [9.17, 15) is 14.9 Å². The van der Waals surface area contributed by atoms with Crippen LogP contribution in [0.2, 0.25) is 0 Å². The molecule has 0 aliphatic carbocycles. The summed E-state index contributed by atoms with van der Waals surface area (Å²) in [4.78, 5) is 24.4. The zero-order valence-electron chi connectivity index (χ0n) is 13.5. The Morgan fingerprint density at radius 3 is 2.48 bits per heavy atom. The smallest absolute Gasteiger partial charge is 0.338 e. The van der Waals surface area contributed by atoms with Crippen LogP contribution in [0, 0.1) is 10.1 Å². The van der Waals surface area contributed by atoms with Crippen LogP contribution in [0.25, 0.3) is 21.6 Å². The molecule has 25 heavy (non-hydrogen) atoms. The number of nitro groups is 1. The number of ether oxygens (including phenoxy) is 1. The number of carbonyl (C=O) groups is 1. The van der Waals surface area contributed by atoms with Crippen molar-refractivity contribution in [3.63, 3.8) is 0 Å². The van der Waals surface area contributed by atoms with E-state index in [0.717, 1.165) is 10.4 Å². The zero-order chi connectivity index (χ0) is 17.8. The quantitative estimate of drug-likeness (QED) is 0.360. The molecule has 2 aromatic carbocycles. The maximum absolute atomic E-state index is 12.5. The fraction of sp³-hybridized carbons (Fsp3) is 0.105. The summed E-state index contributed by atoms with van der Waals surface area (Å²) in [6.07, 6.45) is 0. The van der Waals surface area contributed by atoms with E-state index in [4.69, 9.17) is 4.74 Å². The number of hydrogen-bond donors (Lipinski definition) is 0. The van der Waals surface area contributed by atoms with E-state index in [1.165, 1.54) is 17.4 Å².